The van der Waals surface area contributed by atoms with Crippen LogP contribution >= 0.6 is 0 Å². The first-order valence-electron chi connectivity index (χ1n) is 8.50. The van der Waals surface area contributed by atoms with Gasteiger partial charge in [-0.05, 0) is 36.8 Å². The molecule has 0 bridgehead atoms. The first-order chi connectivity index (χ1) is 13.7. The highest BCUT2D eigenvalue weighted by Crippen LogP contribution is 2.20. The van der Waals surface area contributed by atoms with Crippen LogP contribution in [0.25, 0.3) is 0 Å². The lowest BCUT2D eigenvalue weighted by atomic mass is 10.2. The van der Waals surface area contributed by atoms with Crippen LogP contribution in [0.4, 0.5) is 27.6 Å². The Hall–Kier alpha value is -3.17. The first-order valence-corrected chi connectivity index (χ1v) is 8.50. The van der Waals surface area contributed by atoms with Gasteiger partial charge in [-0.1, -0.05) is 13.0 Å². The predicted octanol–water partition coefficient (Wildman–Crippen LogP) is 4.20. The summed E-state index contributed by atoms with van der Waals surface area (Å²) in [6.07, 6.45) is 0.464. The molecule has 0 radical (unpaired) electrons. The Bertz CT molecular complexity index is 892. The molecule has 0 aliphatic rings. The topological polar surface area (TPSA) is 58.6 Å². The molecule has 0 aromatic heterocycles. The van der Waals surface area contributed by atoms with Crippen molar-refractivity contribution in [3.05, 3.63) is 59.4 Å². The van der Waals surface area contributed by atoms with Crippen molar-refractivity contribution in [2.45, 2.75) is 20.0 Å². The second-order valence-electron chi connectivity index (χ2n) is 5.90. The van der Waals surface area contributed by atoms with Gasteiger partial charge in [-0.25, -0.2) is 13.2 Å². The van der Waals surface area contributed by atoms with Crippen LogP contribution < -0.4 is 10.1 Å². The van der Waals surface area contributed by atoms with Crippen molar-refractivity contribution in [1.29, 1.82) is 0 Å². The third-order valence-electron chi connectivity index (χ3n) is 3.73. The van der Waals surface area contributed by atoms with Crippen LogP contribution in [0, 0.1) is 17.5 Å². The van der Waals surface area contributed by atoms with Crippen LogP contribution in [-0.4, -0.2) is 36.4 Å². The number of hydrogen-bond donors (Lipinski definition) is 1. The summed E-state index contributed by atoms with van der Waals surface area (Å²) in [6, 6.07) is 6.54. The molecule has 5 nitrogen and oxygen atoms in total. The van der Waals surface area contributed by atoms with Crippen LogP contribution in [0.2, 0.25) is 0 Å². The van der Waals surface area contributed by atoms with Crippen molar-refractivity contribution in [3.8, 4) is 5.75 Å². The van der Waals surface area contributed by atoms with E-state index >= 15 is 0 Å². The molecular formula is C19H17F5N2O3. The van der Waals surface area contributed by atoms with E-state index < -0.39 is 48.1 Å². The van der Waals surface area contributed by atoms with E-state index in [2.05, 4.69) is 10.1 Å². The third-order valence-corrected chi connectivity index (χ3v) is 3.73. The van der Waals surface area contributed by atoms with Crippen LogP contribution in [-0.2, 0) is 4.79 Å². The van der Waals surface area contributed by atoms with Crippen molar-refractivity contribution in [2.75, 3.05) is 18.4 Å². The van der Waals surface area contributed by atoms with Crippen molar-refractivity contribution >= 4 is 17.5 Å². The third kappa shape index (κ3) is 5.90. The summed E-state index contributed by atoms with van der Waals surface area (Å²) in [5.41, 5.74) is -0.575. The molecule has 29 heavy (non-hydrogen) atoms. The molecule has 1 N–H and O–H groups in total. The maximum Gasteiger partial charge on any atom is 0.387 e. The molecule has 0 aliphatic carbocycles. The van der Waals surface area contributed by atoms with Crippen molar-refractivity contribution < 1.29 is 36.3 Å². The molecule has 2 aromatic carbocycles. The summed E-state index contributed by atoms with van der Waals surface area (Å²) < 4.78 is 68.9. The quantitative estimate of drug-likeness (QED) is 0.519. The summed E-state index contributed by atoms with van der Waals surface area (Å²) in [4.78, 5) is 25.9. The predicted molar refractivity (Wildman–Crippen MR) is 94.2 cm³/mol. The van der Waals surface area contributed by atoms with Gasteiger partial charge in [0.25, 0.3) is 5.91 Å². The molecule has 0 atom stereocenters. The standard InChI is InChI=1S/C19H17F5N2O3/c1-2-8-26(18(28)11-4-3-5-12(9-11)29-19(23)24)10-15(27)25-14-7-6-13(20)16(21)17(14)22/h3-7,9,19H,2,8,10H2,1H3,(H,25,27). The zero-order chi connectivity index (χ0) is 21.6. The van der Waals surface area contributed by atoms with E-state index in [0.717, 1.165) is 17.0 Å². The fraction of sp³-hybridized carbons (Fsp3) is 0.263. The SMILES string of the molecule is CCCN(CC(=O)Nc1ccc(F)c(F)c1F)C(=O)c1cccc(OC(F)F)c1. The van der Waals surface area contributed by atoms with E-state index in [-0.39, 0.29) is 17.9 Å². The van der Waals surface area contributed by atoms with Gasteiger partial charge >= 0.3 is 6.61 Å². The molecule has 0 fully saturated rings. The Morgan fingerprint density at radius 3 is 2.48 bits per heavy atom. The van der Waals surface area contributed by atoms with E-state index in [1.165, 1.54) is 18.2 Å². The number of alkyl halides is 2. The summed E-state index contributed by atoms with van der Waals surface area (Å²) in [7, 11) is 0. The van der Waals surface area contributed by atoms with Gasteiger partial charge in [0.1, 0.15) is 12.3 Å². The van der Waals surface area contributed by atoms with Crippen LogP contribution in [0.3, 0.4) is 0 Å². The minimum Gasteiger partial charge on any atom is -0.435 e. The maximum absolute atomic E-state index is 13.7. The monoisotopic (exact) mass is 416 g/mol. The van der Waals surface area contributed by atoms with Crippen LogP contribution in [0.1, 0.15) is 23.7 Å². The number of hydrogen-bond acceptors (Lipinski definition) is 3. The molecule has 0 unspecified atom stereocenters. The Morgan fingerprint density at radius 2 is 1.83 bits per heavy atom. The molecule has 156 valence electrons. The van der Waals surface area contributed by atoms with E-state index in [4.69, 9.17) is 0 Å². The fourth-order valence-electron chi connectivity index (χ4n) is 2.50. The number of anilines is 1. The van der Waals surface area contributed by atoms with Gasteiger partial charge in [-0.15, -0.1) is 0 Å². The number of ether oxygens (including phenoxy) is 1. The minimum atomic E-state index is -3.07. The molecule has 2 rings (SSSR count). The second-order valence-corrected chi connectivity index (χ2v) is 5.90. The number of carbonyl (C=O) groups is 2. The van der Waals surface area contributed by atoms with E-state index in [0.29, 0.717) is 12.5 Å². The number of carbonyl (C=O) groups excluding carboxylic acids is 2. The summed E-state index contributed by atoms with van der Waals surface area (Å²) >= 11 is 0. The van der Waals surface area contributed by atoms with Crippen LogP contribution in [0.5, 0.6) is 5.75 Å². The largest absolute Gasteiger partial charge is 0.435 e. The number of rotatable bonds is 8. The fourth-order valence-corrected chi connectivity index (χ4v) is 2.50. The Morgan fingerprint density at radius 1 is 1.10 bits per heavy atom. The van der Waals surface area contributed by atoms with Gasteiger partial charge in [-0.3, -0.25) is 9.59 Å². The van der Waals surface area contributed by atoms with E-state index in [9.17, 15) is 31.5 Å². The van der Waals surface area contributed by atoms with Gasteiger partial charge in [0.2, 0.25) is 5.91 Å². The highest BCUT2D eigenvalue weighted by Gasteiger charge is 2.21. The molecule has 0 heterocycles. The lowest BCUT2D eigenvalue weighted by Gasteiger charge is -2.22. The number of nitrogens with zero attached hydrogens (tertiary/aromatic N) is 1. The summed E-state index contributed by atoms with van der Waals surface area (Å²) in [6.45, 7) is -1.72. The van der Waals surface area contributed by atoms with E-state index in [1.807, 2.05) is 0 Å². The average Bonchev–Trinajstić information content (AvgIpc) is 2.67. The second kappa shape index (κ2) is 9.85. The number of halogens is 5. The van der Waals surface area contributed by atoms with E-state index in [1.54, 1.807) is 6.92 Å². The zero-order valence-electron chi connectivity index (χ0n) is 15.2. The Balaban J connectivity index is 2.14. The highest BCUT2D eigenvalue weighted by molar-refractivity contribution is 5.99. The molecule has 0 saturated carbocycles. The Kier molecular flexibility index (Phi) is 7.52. The average molecular weight is 416 g/mol. The maximum atomic E-state index is 13.7. The van der Waals surface area contributed by atoms with Crippen molar-refractivity contribution in [3.63, 3.8) is 0 Å². The summed E-state index contributed by atoms with van der Waals surface area (Å²) in [5.74, 6) is -6.43. The normalized spacial score (nSPS) is 10.7. The Labute approximate surface area is 163 Å². The summed E-state index contributed by atoms with van der Waals surface area (Å²) in [5, 5.41) is 2.07. The van der Waals surface area contributed by atoms with Gasteiger partial charge < -0.3 is 15.0 Å². The van der Waals surface area contributed by atoms with Crippen molar-refractivity contribution in [2.24, 2.45) is 0 Å². The van der Waals surface area contributed by atoms with Crippen LogP contribution in [0.15, 0.2) is 36.4 Å². The van der Waals surface area contributed by atoms with Gasteiger partial charge in [0.15, 0.2) is 17.5 Å². The molecular weight excluding hydrogens is 399 g/mol. The number of nitrogens with one attached hydrogen (secondary N) is 1. The molecule has 0 spiro atoms. The molecule has 0 aliphatic heterocycles. The van der Waals surface area contributed by atoms with Gasteiger partial charge in [0.05, 0.1) is 5.69 Å². The molecule has 10 heteroatoms. The molecule has 2 amide bonds. The zero-order valence-corrected chi connectivity index (χ0v) is 15.2. The lowest BCUT2D eigenvalue weighted by Crippen LogP contribution is -2.38. The number of amides is 2. The minimum absolute atomic E-state index is 0.00315. The van der Waals surface area contributed by atoms with Crippen molar-refractivity contribution in [1.82, 2.24) is 4.90 Å². The molecule has 0 saturated heterocycles. The number of benzene rings is 2. The first kappa shape index (κ1) is 22.1. The highest BCUT2D eigenvalue weighted by atomic mass is 19.3. The van der Waals surface area contributed by atoms with Gasteiger partial charge in [-0.2, -0.15) is 8.78 Å². The lowest BCUT2D eigenvalue weighted by molar-refractivity contribution is -0.116. The van der Waals surface area contributed by atoms with Gasteiger partial charge in [0, 0.05) is 12.1 Å². The molecule has 2 aromatic rings. The smallest absolute Gasteiger partial charge is 0.387 e.